The molecule has 0 radical (unpaired) electrons. The van der Waals surface area contributed by atoms with Crippen LogP contribution in [0.15, 0.2) is 18.2 Å². The van der Waals surface area contributed by atoms with Crippen molar-refractivity contribution < 1.29 is 0 Å². The van der Waals surface area contributed by atoms with Gasteiger partial charge in [0, 0.05) is 24.2 Å². The number of hydrogen-bond donors (Lipinski definition) is 2. The van der Waals surface area contributed by atoms with E-state index in [1.54, 1.807) is 0 Å². The molecule has 0 spiro atoms. The van der Waals surface area contributed by atoms with Gasteiger partial charge < -0.3 is 10.6 Å². The minimum absolute atomic E-state index is 0.509. The molecule has 1 aliphatic carbocycles. The van der Waals surface area contributed by atoms with Gasteiger partial charge in [-0.05, 0) is 49.9 Å². The number of benzene rings is 1. The smallest absolute Gasteiger partial charge is 0.0372 e. The molecule has 0 saturated heterocycles. The fourth-order valence-corrected chi connectivity index (χ4v) is 2.44. The van der Waals surface area contributed by atoms with Gasteiger partial charge in [-0.2, -0.15) is 0 Å². The summed E-state index contributed by atoms with van der Waals surface area (Å²) in [4.78, 5) is 0. The van der Waals surface area contributed by atoms with Crippen LogP contribution in [0.1, 0.15) is 43.7 Å². The molecule has 2 rings (SSSR count). The van der Waals surface area contributed by atoms with Gasteiger partial charge in [0.2, 0.25) is 0 Å². The molecule has 0 aliphatic heterocycles. The Hall–Kier alpha value is -1.02. The van der Waals surface area contributed by atoms with Crippen molar-refractivity contribution in [3.63, 3.8) is 0 Å². The first kappa shape index (κ1) is 13.4. The Bertz CT molecular complexity index is 406. The Balaban J connectivity index is 2.02. The third-order valence-electron chi connectivity index (χ3n) is 4.09. The predicted molar refractivity (Wildman–Crippen MR) is 79.4 cm³/mol. The lowest BCUT2D eigenvalue weighted by Crippen LogP contribution is -2.27. The van der Waals surface area contributed by atoms with Crippen LogP contribution in [0.2, 0.25) is 0 Å². The van der Waals surface area contributed by atoms with Crippen molar-refractivity contribution in [2.45, 2.75) is 39.5 Å². The summed E-state index contributed by atoms with van der Waals surface area (Å²) in [5, 5.41) is 6.97. The Morgan fingerprint density at radius 3 is 2.50 bits per heavy atom. The Labute approximate surface area is 111 Å². The molecule has 1 aromatic carbocycles. The molecule has 2 heteroatoms. The number of aryl methyl sites for hydroxylation is 1. The van der Waals surface area contributed by atoms with E-state index in [1.165, 1.54) is 29.7 Å². The summed E-state index contributed by atoms with van der Waals surface area (Å²) in [5.41, 5.74) is 4.58. The van der Waals surface area contributed by atoms with E-state index in [0.717, 1.165) is 13.1 Å². The van der Waals surface area contributed by atoms with Crippen LogP contribution in [0.5, 0.6) is 0 Å². The standard InChI is InChI=1S/C16H26N2/c1-12(2)14-6-5-13(3)15(9-14)18-11-16(7-8-16)10-17-4/h5-6,9,12,17-18H,7-8,10-11H2,1-4H3. The van der Waals surface area contributed by atoms with E-state index in [-0.39, 0.29) is 0 Å². The summed E-state index contributed by atoms with van der Waals surface area (Å²) in [7, 11) is 2.05. The first-order valence-corrected chi connectivity index (χ1v) is 7.05. The number of anilines is 1. The minimum atomic E-state index is 0.509. The molecule has 0 aromatic heterocycles. The van der Waals surface area contributed by atoms with Crippen molar-refractivity contribution in [3.05, 3.63) is 29.3 Å². The van der Waals surface area contributed by atoms with Gasteiger partial charge in [-0.3, -0.25) is 0 Å². The maximum Gasteiger partial charge on any atom is 0.0372 e. The van der Waals surface area contributed by atoms with Crippen LogP contribution in [0.4, 0.5) is 5.69 Å². The summed E-state index contributed by atoms with van der Waals surface area (Å²) in [6, 6.07) is 6.79. The van der Waals surface area contributed by atoms with Crippen molar-refractivity contribution in [3.8, 4) is 0 Å². The van der Waals surface area contributed by atoms with E-state index in [2.05, 4.69) is 49.6 Å². The first-order chi connectivity index (χ1) is 8.56. The van der Waals surface area contributed by atoms with Gasteiger partial charge in [-0.1, -0.05) is 26.0 Å². The highest BCUT2D eigenvalue weighted by molar-refractivity contribution is 5.53. The van der Waals surface area contributed by atoms with E-state index in [0.29, 0.717) is 11.3 Å². The number of nitrogens with one attached hydrogen (secondary N) is 2. The molecule has 1 aliphatic rings. The third kappa shape index (κ3) is 3.05. The molecule has 1 fully saturated rings. The Morgan fingerprint density at radius 2 is 1.94 bits per heavy atom. The maximum absolute atomic E-state index is 3.66. The summed E-state index contributed by atoms with van der Waals surface area (Å²) in [5.74, 6) is 0.596. The first-order valence-electron chi connectivity index (χ1n) is 7.05. The number of hydrogen-bond acceptors (Lipinski definition) is 2. The molecule has 2 N–H and O–H groups in total. The van der Waals surface area contributed by atoms with Crippen LogP contribution in [0.3, 0.4) is 0 Å². The van der Waals surface area contributed by atoms with E-state index in [4.69, 9.17) is 0 Å². The van der Waals surface area contributed by atoms with Crippen LogP contribution in [0.25, 0.3) is 0 Å². The zero-order valence-electron chi connectivity index (χ0n) is 12.1. The summed E-state index contributed by atoms with van der Waals surface area (Å²) >= 11 is 0. The Morgan fingerprint density at radius 1 is 1.22 bits per heavy atom. The monoisotopic (exact) mass is 246 g/mol. The second kappa shape index (κ2) is 5.31. The maximum atomic E-state index is 3.66. The van der Waals surface area contributed by atoms with Crippen LogP contribution in [-0.2, 0) is 0 Å². The fraction of sp³-hybridized carbons (Fsp3) is 0.625. The number of rotatable bonds is 6. The molecular formula is C16H26N2. The van der Waals surface area contributed by atoms with E-state index < -0.39 is 0 Å². The van der Waals surface area contributed by atoms with Crippen molar-refractivity contribution in [2.75, 3.05) is 25.5 Å². The summed E-state index contributed by atoms with van der Waals surface area (Å²) in [6.07, 6.45) is 2.70. The van der Waals surface area contributed by atoms with Crippen molar-refractivity contribution >= 4 is 5.69 Å². The lowest BCUT2D eigenvalue weighted by Gasteiger charge is -2.18. The van der Waals surface area contributed by atoms with Crippen LogP contribution in [0, 0.1) is 12.3 Å². The largest absolute Gasteiger partial charge is 0.384 e. The van der Waals surface area contributed by atoms with Gasteiger partial charge in [0.1, 0.15) is 0 Å². The highest BCUT2D eigenvalue weighted by Gasteiger charge is 2.41. The molecule has 0 heterocycles. The average Bonchev–Trinajstić information content (AvgIpc) is 3.08. The molecular weight excluding hydrogens is 220 g/mol. The lowest BCUT2D eigenvalue weighted by atomic mass is 10.00. The van der Waals surface area contributed by atoms with E-state index in [1.807, 2.05) is 7.05 Å². The highest BCUT2D eigenvalue weighted by atomic mass is 14.9. The van der Waals surface area contributed by atoms with Crippen molar-refractivity contribution in [2.24, 2.45) is 5.41 Å². The normalized spacial score (nSPS) is 16.9. The minimum Gasteiger partial charge on any atom is -0.384 e. The average molecular weight is 246 g/mol. The molecule has 18 heavy (non-hydrogen) atoms. The van der Waals surface area contributed by atoms with E-state index >= 15 is 0 Å². The molecule has 2 nitrogen and oxygen atoms in total. The van der Waals surface area contributed by atoms with Gasteiger partial charge in [-0.25, -0.2) is 0 Å². The third-order valence-corrected chi connectivity index (χ3v) is 4.09. The van der Waals surface area contributed by atoms with Crippen molar-refractivity contribution in [1.82, 2.24) is 5.32 Å². The lowest BCUT2D eigenvalue weighted by molar-refractivity contribution is 0.507. The van der Waals surface area contributed by atoms with Crippen LogP contribution < -0.4 is 10.6 Å². The van der Waals surface area contributed by atoms with Gasteiger partial charge in [-0.15, -0.1) is 0 Å². The van der Waals surface area contributed by atoms with Crippen LogP contribution in [-0.4, -0.2) is 20.1 Å². The van der Waals surface area contributed by atoms with Gasteiger partial charge in [0.25, 0.3) is 0 Å². The highest BCUT2D eigenvalue weighted by Crippen LogP contribution is 2.45. The van der Waals surface area contributed by atoms with Crippen molar-refractivity contribution in [1.29, 1.82) is 0 Å². The molecule has 1 aromatic rings. The molecule has 0 unspecified atom stereocenters. The molecule has 0 amide bonds. The quantitative estimate of drug-likeness (QED) is 0.802. The fourth-order valence-electron chi connectivity index (χ4n) is 2.44. The molecule has 0 bridgehead atoms. The Kier molecular flexibility index (Phi) is 3.96. The summed E-state index contributed by atoms with van der Waals surface area (Å²) in [6.45, 7) is 8.90. The summed E-state index contributed by atoms with van der Waals surface area (Å²) < 4.78 is 0. The zero-order valence-corrected chi connectivity index (χ0v) is 12.1. The van der Waals surface area contributed by atoms with Gasteiger partial charge in [0.15, 0.2) is 0 Å². The molecule has 1 saturated carbocycles. The SMILES string of the molecule is CNCC1(CNc2cc(C(C)C)ccc2C)CC1. The molecule has 100 valence electrons. The molecule has 0 atom stereocenters. The second-order valence-electron chi connectivity index (χ2n) is 6.11. The van der Waals surface area contributed by atoms with Gasteiger partial charge in [0.05, 0.1) is 0 Å². The topological polar surface area (TPSA) is 24.1 Å². The second-order valence-corrected chi connectivity index (χ2v) is 6.11. The van der Waals surface area contributed by atoms with Crippen LogP contribution >= 0.6 is 0 Å². The predicted octanol–water partition coefficient (Wildman–Crippen LogP) is 3.53. The van der Waals surface area contributed by atoms with E-state index in [9.17, 15) is 0 Å². The van der Waals surface area contributed by atoms with Gasteiger partial charge >= 0.3 is 0 Å². The zero-order chi connectivity index (χ0) is 13.2.